The lowest BCUT2D eigenvalue weighted by molar-refractivity contribution is -0.116. The number of halogens is 1. The molecule has 0 unspecified atom stereocenters. The van der Waals surface area contributed by atoms with Gasteiger partial charge in [-0.25, -0.2) is 8.42 Å². The highest BCUT2D eigenvalue weighted by molar-refractivity contribution is 7.89. The van der Waals surface area contributed by atoms with Crippen LogP contribution >= 0.6 is 11.6 Å². The molecule has 6 nitrogen and oxygen atoms in total. The van der Waals surface area contributed by atoms with Crippen molar-refractivity contribution in [2.75, 3.05) is 11.9 Å². The zero-order chi connectivity index (χ0) is 25.5. The Bertz CT molecular complexity index is 1420. The lowest BCUT2D eigenvalue weighted by Crippen LogP contribution is -2.37. The van der Waals surface area contributed by atoms with Gasteiger partial charge in [-0.3, -0.25) is 4.79 Å². The highest BCUT2D eigenvalue weighted by atomic mass is 35.5. The third-order valence-electron chi connectivity index (χ3n) is 5.38. The second-order valence-electron chi connectivity index (χ2n) is 8.17. The van der Waals surface area contributed by atoms with Gasteiger partial charge in [0.05, 0.1) is 17.1 Å². The summed E-state index contributed by atoms with van der Waals surface area (Å²) in [4.78, 5) is 13.2. The Morgan fingerprint density at radius 2 is 1.50 bits per heavy atom. The van der Waals surface area contributed by atoms with Crippen LogP contribution in [0.2, 0.25) is 5.02 Å². The smallest absolute Gasteiger partial charge is 0.243 e. The molecule has 0 atom stereocenters. The van der Waals surface area contributed by atoms with Gasteiger partial charge in [-0.1, -0.05) is 71.8 Å². The number of aryl methyl sites for hydroxylation is 1. The number of nitrogens with zero attached hydrogens (tertiary/aromatic N) is 1. The van der Waals surface area contributed by atoms with Crippen molar-refractivity contribution in [1.82, 2.24) is 4.31 Å². The third kappa shape index (κ3) is 6.51. The number of sulfonamides is 1. The molecule has 1 N–H and O–H groups in total. The summed E-state index contributed by atoms with van der Waals surface area (Å²) in [5, 5.41) is 3.34. The van der Waals surface area contributed by atoms with E-state index >= 15 is 0 Å². The summed E-state index contributed by atoms with van der Waals surface area (Å²) in [6.07, 6.45) is 0. The van der Waals surface area contributed by atoms with Crippen LogP contribution in [0, 0.1) is 6.92 Å². The molecule has 0 saturated carbocycles. The summed E-state index contributed by atoms with van der Waals surface area (Å²) in [7, 11) is -3.96. The molecule has 184 valence electrons. The normalized spacial score (nSPS) is 11.3. The van der Waals surface area contributed by atoms with Crippen LogP contribution in [0.4, 0.5) is 5.69 Å². The molecule has 4 rings (SSSR count). The minimum atomic E-state index is -3.96. The molecule has 0 aliphatic carbocycles. The second kappa shape index (κ2) is 11.4. The van der Waals surface area contributed by atoms with E-state index in [9.17, 15) is 13.2 Å². The summed E-state index contributed by atoms with van der Waals surface area (Å²) in [6.45, 7) is 1.49. The van der Waals surface area contributed by atoms with Crippen molar-refractivity contribution in [3.63, 3.8) is 0 Å². The van der Waals surface area contributed by atoms with Crippen molar-refractivity contribution < 1.29 is 17.9 Å². The first-order chi connectivity index (χ1) is 17.3. The molecule has 0 saturated heterocycles. The molecule has 4 aromatic carbocycles. The summed E-state index contributed by atoms with van der Waals surface area (Å²) < 4.78 is 34.1. The summed E-state index contributed by atoms with van der Waals surface area (Å²) in [5.41, 5.74) is 2.08. The molecule has 0 fully saturated rings. The van der Waals surface area contributed by atoms with Gasteiger partial charge in [0, 0.05) is 11.6 Å². The molecule has 1 amide bonds. The van der Waals surface area contributed by atoms with Crippen LogP contribution in [0.25, 0.3) is 0 Å². The van der Waals surface area contributed by atoms with Gasteiger partial charge >= 0.3 is 0 Å². The Morgan fingerprint density at radius 1 is 0.861 bits per heavy atom. The lowest BCUT2D eigenvalue weighted by Gasteiger charge is -2.22. The molecule has 0 heterocycles. The van der Waals surface area contributed by atoms with Crippen LogP contribution in [-0.2, 0) is 21.4 Å². The average Bonchev–Trinajstić information content (AvgIpc) is 2.87. The molecule has 8 heteroatoms. The van der Waals surface area contributed by atoms with Crippen molar-refractivity contribution in [2.45, 2.75) is 18.4 Å². The monoisotopic (exact) mass is 520 g/mol. The maximum absolute atomic E-state index is 13.5. The standard InChI is InChI=1S/C28H25ClN2O4S/c1-21-11-17-25(18-12-21)36(33,34)31(19-22-13-15-23(29)16-14-22)20-28(32)30-26-9-5-6-10-27(26)35-24-7-3-2-4-8-24/h2-18H,19-20H2,1H3,(H,30,32). The van der Waals surface area contributed by atoms with Crippen molar-refractivity contribution in [3.05, 3.63) is 119 Å². The number of hydrogen-bond acceptors (Lipinski definition) is 4. The van der Waals surface area contributed by atoms with E-state index in [1.165, 1.54) is 0 Å². The average molecular weight is 521 g/mol. The Labute approximate surface area is 216 Å². The maximum Gasteiger partial charge on any atom is 0.243 e. The Balaban J connectivity index is 1.57. The van der Waals surface area contributed by atoms with E-state index in [0.29, 0.717) is 27.8 Å². The topological polar surface area (TPSA) is 75.7 Å². The van der Waals surface area contributed by atoms with Crippen molar-refractivity contribution in [3.8, 4) is 11.5 Å². The zero-order valence-electron chi connectivity index (χ0n) is 19.6. The van der Waals surface area contributed by atoms with Crippen molar-refractivity contribution in [2.24, 2.45) is 0 Å². The highest BCUT2D eigenvalue weighted by Gasteiger charge is 2.27. The maximum atomic E-state index is 13.5. The third-order valence-corrected chi connectivity index (χ3v) is 7.44. The van der Waals surface area contributed by atoms with Crippen molar-refractivity contribution in [1.29, 1.82) is 0 Å². The molecule has 4 aromatic rings. The van der Waals surface area contributed by atoms with E-state index in [1.54, 1.807) is 84.9 Å². The number of carbonyl (C=O) groups excluding carboxylic acids is 1. The van der Waals surface area contributed by atoms with Crippen molar-refractivity contribution >= 4 is 33.2 Å². The van der Waals surface area contributed by atoms with Gasteiger partial charge in [-0.2, -0.15) is 4.31 Å². The van der Waals surface area contributed by atoms with Crippen LogP contribution in [0.3, 0.4) is 0 Å². The number of anilines is 1. The van der Waals surface area contributed by atoms with Crippen LogP contribution < -0.4 is 10.1 Å². The minimum Gasteiger partial charge on any atom is -0.455 e. The molecule has 0 spiro atoms. The quantitative estimate of drug-likeness (QED) is 0.282. The number of benzene rings is 4. The van der Waals surface area contributed by atoms with Gasteiger partial charge in [-0.15, -0.1) is 0 Å². The Morgan fingerprint density at radius 3 is 2.19 bits per heavy atom. The number of amides is 1. The number of carbonyl (C=O) groups is 1. The van der Waals surface area contributed by atoms with E-state index in [2.05, 4.69) is 5.32 Å². The second-order valence-corrected chi connectivity index (χ2v) is 10.5. The fourth-order valence-corrected chi connectivity index (χ4v) is 5.01. The number of rotatable bonds is 9. The molecule has 0 radical (unpaired) electrons. The summed E-state index contributed by atoms with van der Waals surface area (Å²) in [5.74, 6) is 0.567. The predicted molar refractivity (Wildman–Crippen MR) is 142 cm³/mol. The van der Waals surface area contributed by atoms with Crippen LogP contribution in [-0.4, -0.2) is 25.2 Å². The van der Waals surface area contributed by atoms with Gasteiger partial charge < -0.3 is 10.1 Å². The molecule has 0 aliphatic rings. The van der Waals surface area contributed by atoms with Crippen LogP contribution in [0.15, 0.2) is 108 Å². The van der Waals surface area contributed by atoms with Gasteiger partial charge in [0.25, 0.3) is 0 Å². The molecule has 36 heavy (non-hydrogen) atoms. The molecule has 0 bridgehead atoms. The number of ether oxygens (including phenoxy) is 1. The Kier molecular flexibility index (Phi) is 8.05. The number of para-hydroxylation sites is 3. The van der Waals surface area contributed by atoms with Gasteiger partial charge in [0.1, 0.15) is 5.75 Å². The predicted octanol–water partition coefficient (Wildman–Crippen LogP) is 6.27. The fraction of sp³-hybridized carbons (Fsp3) is 0.107. The number of hydrogen-bond donors (Lipinski definition) is 1. The SMILES string of the molecule is Cc1ccc(S(=O)(=O)N(CC(=O)Nc2ccccc2Oc2ccccc2)Cc2ccc(Cl)cc2)cc1. The highest BCUT2D eigenvalue weighted by Crippen LogP contribution is 2.29. The fourth-order valence-electron chi connectivity index (χ4n) is 3.50. The first-order valence-corrected chi connectivity index (χ1v) is 13.1. The van der Waals surface area contributed by atoms with Gasteiger partial charge in [0.2, 0.25) is 15.9 Å². The number of nitrogens with one attached hydrogen (secondary N) is 1. The minimum absolute atomic E-state index is 0.00294. The van der Waals surface area contributed by atoms with E-state index in [0.717, 1.165) is 9.87 Å². The first kappa shape index (κ1) is 25.4. The molecule has 0 aliphatic heterocycles. The van der Waals surface area contributed by atoms with E-state index in [1.807, 2.05) is 25.1 Å². The van der Waals surface area contributed by atoms with Gasteiger partial charge in [0.15, 0.2) is 5.75 Å². The zero-order valence-corrected chi connectivity index (χ0v) is 21.2. The van der Waals surface area contributed by atoms with E-state index < -0.39 is 22.5 Å². The Hall–Kier alpha value is -3.65. The molecular formula is C28H25ClN2O4S. The van der Waals surface area contributed by atoms with Crippen LogP contribution in [0.1, 0.15) is 11.1 Å². The summed E-state index contributed by atoms with van der Waals surface area (Å²) in [6, 6.07) is 29.6. The molecule has 0 aromatic heterocycles. The van der Waals surface area contributed by atoms with Crippen LogP contribution in [0.5, 0.6) is 11.5 Å². The lowest BCUT2D eigenvalue weighted by atomic mass is 10.2. The molecular weight excluding hydrogens is 496 g/mol. The largest absolute Gasteiger partial charge is 0.455 e. The first-order valence-electron chi connectivity index (χ1n) is 11.2. The van der Waals surface area contributed by atoms with E-state index in [4.69, 9.17) is 16.3 Å². The van der Waals surface area contributed by atoms with E-state index in [-0.39, 0.29) is 11.4 Å². The summed E-state index contributed by atoms with van der Waals surface area (Å²) >= 11 is 5.99. The van der Waals surface area contributed by atoms with Gasteiger partial charge in [-0.05, 0) is 61.0 Å².